The van der Waals surface area contributed by atoms with Crippen molar-refractivity contribution >= 4 is 35.4 Å². The number of urea groups is 1. The van der Waals surface area contributed by atoms with Crippen LogP contribution in [-0.2, 0) is 4.79 Å². The van der Waals surface area contributed by atoms with Gasteiger partial charge in [-0.05, 0) is 6.07 Å². The van der Waals surface area contributed by atoms with Gasteiger partial charge in [0.1, 0.15) is 5.84 Å². The lowest BCUT2D eigenvalue weighted by Gasteiger charge is -2.33. The summed E-state index contributed by atoms with van der Waals surface area (Å²) in [4.78, 5) is 54.5. The number of hydrogen-bond acceptors (Lipinski definition) is 8. The molecule has 136 valence electrons. The first-order valence-electron chi connectivity index (χ1n) is 7.17. The molecule has 12 heteroatoms. The molecule has 1 fully saturated rings. The molecule has 0 radical (unpaired) electrons. The van der Waals surface area contributed by atoms with Gasteiger partial charge in [0.15, 0.2) is 6.04 Å². The molecule has 1 saturated heterocycles. The molecular formula is C14H14N6O6. The molecule has 0 spiro atoms. The van der Waals surface area contributed by atoms with Crippen LogP contribution in [0.5, 0.6) is 0 Å². The SMILES string of the molecule is CN=C1C(N=Cc2ccc([N+](=O)[O-])cc2[N+](=O)[O-])C(=O)N(C)C(=O)N1C. The fourth-order valence-corrected chi connectivity index (χ4v) is 2.37. The van der Waals surface area contributed by atoms with Crippen molar-refractivity contribution in [2.75, 3.05) is 21.1 Å². The van der Waals surface area contributed by atoms with Crippen LogP contribution in [0.1, 0.15) is 5.56 Å². The average molecular weight is 362 g/mol. The number of likely N-dealkylation sites (N-methyl/N-ethyl adjacent to an activating group) is 2. The van der Waals surface area contributed by atoms with Crippen LogP contribution in [0, 0.1) is 20.2 Å². The minimum absolute atomic E-state index is 0.0222. The third-order valence-electron chi connectivity index (χ3n) is 3.74. The topological polar surface area (TPSA) is 152 Å². The van der Waals surface area contributed by atoms with Crippen LogP contribution in [0.3, 0.4) is 0 Å². The van der Waals surface area contributed by atoms with E-state index in [1.165, 1.54) is 21.1 Å². The van der Waals surface area contributed by atoms with Gasteiger partial charge in [0.25, 0.3) is 17.3 Å². The van der Waals surface area contributed by atoms with E-state index in [0.717, 1.165) is 34.2 Å². The van der Waals surface area contributed by atoms with E-state index in [2.05, 4.69) is 9.98 Å². The van der Waals surface area contributed by atoms with Crippen molar-refractivity contribution in [2.24, 2.45) is 9.98 Å². The van der Waals surface area contributed by atoms with E-state index in [4.69, 9.17) is 0 Å². The molecule has 26 heavy (non-hydrogen) atoms. The van der Waals surface area contributed by atoms with Crippen LogP contribution in [0.25, 0.3) is 0 Å². The largest absolute Gasteiger partial charge is 0.331 e. The zero-order valence-electron chi connectivity index (χ0n) is 14.0. The molecule has 0 saturated carbocycles. The predicted octanol–water partition coefficient (Wildman–Crippen LogP) is 0.843. The number of non-ortho nitro benzene ring substituents is 1. The molecule has 3 amide bonds. The predicted molar refractivity (Wildman–Crippen MR) is 90.4 cm³/mol. The standard InChI is InChI=1S/C14H14N6O6/c1-15-12-11(13(21)18(3)14(22)17(12)2)16-7-8-4-5-9(19(23)24)6-10(8)20(25)26/h4-7,11H,1-3H3. The highest BCUT2D eigenvalue weighted by molar-refractivity contribution is 6.21. The third kappa shape index (κ3) is 3.24. The van der Waals surface area contributed by atoms with Gasteiger partial charge >= 0.3 is 6.03 Å². The summed E-state index contributed by atoms with van der Waals surface area (Å²) in [5.74, 6) is -0.562. The average Bonchev–Trinajstić information content (AvgIpc) is 2.61. The first-order valence-corrected chi connectivity index (χ1v) is 7.17. The van der Waals surface area contributed by atoms with Gasteiger partial charge in [0.05, 0.1) is 21.5 Å². The van der Waals surface area contributed by atoms with Gasteiger partial charge < -0.3 is 0 Å². The van der Waals surface area contributed by atoms with Crippen LogP contribution in [-0.4, -0.2) is 70.8 Å². The number of aliphatic imine (C=N–C) groups is 2. The Morgan fingerprint density at radius 2 is 1.77 bits per heavy atom. The van der Waals surface area contributed by atoms with Gasteiger partial charge in [0, 0.05) is 33.4 Å². The zero-order valence-corrected chi connectivity index (χ0v) is 14.0. The van der Waals surface area contributed by atoms with E-state index in [0.29, 0.717) is 0 Å². The minimum Gasteiger partial charge on any atom is -0.283 e. The lowest BCUT2D eigenvalue weighted by molar-refractivity contribution is -0.394. The van der Waals surface area contributed by atoms with E-state index in [1.54, 1.807) is 0 Å². The normalized spacial score (nSPS) is 19.5. The summed E-state index contributed by atoms with van der Waals surface area (Å²) in [6, 6.07) is 1.31. The van der Waals surface area contributed by atoms with Crippen molar-refractivity contribution in [3.8, 4) is 0 Å². The maximum atomic E-state index is 12.3. The number of imide groups is 1. The first-order chi connectivity index (χ1) is 12.2. The monoisotopic (exact) mass is 362 g/mol. The van der Waals surface area contributed by atoms with Crippen molar-refractivity contribution in [1.82, 2.24) is 9.80 Å². The number of nitro benzene ring substituents is 2. The molecular weight excluding hydrogens is 348 g/mol. The minimum atomic E-state index is -1.16. The number of benzene rings is 1. The Bertz CT molecular complexity index is 863. The smallest absolute Gasteiger partial charge is 0.283 e. The fourth-order valence-electron chi connectivity index (χ4n) is 2.37. The van der Waals surface area contributed by atoms with Crippen molar-refractivity contribution < 1.29 is 19.4 Å². The molecule has 1 aromatic rings. The Balaban J connectivity index is 2.45. The van der Waals surface area contributed by atoms with Gasteiger partial charge in [-0.3, -0.25) is 44.8 Å². The van der Waals surface area contributed by atoms with E-state index in [9.17, 15) is 29.8 Å². The number of amidine groups is 1. The molecule has 0 bridgehead atoms. The molecule has 0 aliphatic carbocycles. The molecule has 1 aromatic carbocycles. The van der Waals surface area contributed by atoms with E-state index < -0.39 is 39.2 Å². The van der Waals surface area contributed by atoms with Crippen molar-refractivity contribution in [3.05, 3.63) is 44.0 Å². The first kappa shape index (κ1) is 18.6. The summed E-state index contributed by atoms with van der Waals surface area (Å²) in [7, 11) is 4.09. The summed E-state index contributed by atoms with van der Waals surface area (Å²) in [6.07, 6.45) is 1.06. The van der Waals surface area contributed by atoms with E-state index in [1.807, 2.05) is 0 Å². The molecule has 2 rings (SSSR count). The number of carbonyl (C=O) groups is 2. The lowest BCUT2D eigenvalue weighted by atomic mass is 10.1. The molecule has 0 aromatic heterocycles. The third-order valence-corrected chi connectivity index (χ3v) is 3.74. The molecule has 1 aliphatic heterocycles. The van der Waals surface area contributed by atoms with Gasteiger partial charge in [-0.15, -0.1) is 0 Å². The maximum absolute atomic E-state index is 12.3. The Morgan fingerprint density at radius 1 is 1.12 bits per heavy atom. The van der Waals surface area contributed by atoms with Crippen LogP contribution < -0.4 is 0 Å². The van der Waals surface area contributed by atoms with Crippen LogP contribution >= 0.6 is 0 Å². The van der Waals surface area contributed by atoms with Crippen LogP contribution in [0.2, 0.25) is 0 Å². The molecule has 0 N–H and O–H groups in total. The Kier molecular flexibility index (Phi) is 5.05. The molecule has 12 nitrogen and oxygen atoms in total. The summed E-state index contributed by atoms with van der Waals surface area (Å²) < 4.78 is 0. The number of carbonyl (C=O) groups excluding carboxylic acids is 2. The van der Waals surface area contributed by atoms with Crippen molar-refractivity contribution in [2.45, 2.75) is 6.04 Å². The van der Waals surface area contributed by atoms with E-state index >= 15 is 0 Å². The van der Waals surface area contributed by atoms with Gasteiger partial charge in [-0.2, -0.15) is 0 Å². The second-order valence-corrected chi connectivity index (χ2v) is 5.26. The second-order valence-electron chi connectivity index (χ2n) is 5.26. The number of rotatable bonds is 4. The zero-order chi connectivity index (χ0) is 19.6. The quantitative estimate of drug-likeness (QED) is 0.439. The Hall–Kier alpha value is -3.70. The van der Waals surface area contributed by atoms with Crippen LogP contribution in [0.4, 0.5) is 16.2 Å². The summed E-state index contributed by atoms with van der Waals surface area (Å²) in [5, 5.41) is 21.9. The van der Waals surface area contributed by atoms with Gasteiger partial charge in [-0.1, -0.05) is 0 Å². The number of hydrogen-bond donors (Lipinski definition) is 0. The molecule has 1 aliphatic rings. The Labute approximate surface area is 146 Å². The second kappa shape index (κ2) is 7.04. The number of nitro groups is 2. The summed E-state index contributed by atoms with van der Waals surface area (Å²) >= 11 is 0. The lowest BCUT2D eigenvalue weighted by Crippen LogP contribution is -2.59. The summed E-state index contributed by atoms with van der Waals surface area (Å²) in [6.45, 7) is 0. The number of amides is 3. The maximum Gasteiger partial charge on any atom is 0.331 e. The molecule has 1 heterocycles. The van der Waals surface area contributed by atoms with Gasteiger partial charge in [-0.25, -0.2) is 4.79 Å². The van der Waals surface area contributed by atoms with Crippen molar-refractivity contribution in [1.29, 1.82) is 0 Å². The Morgan fingerprint density at radius 3 is 2.31 bits per heavy atom. The van der Waals surface area contributed by atoms with E-state index in [-0.39, 0.29) is 11.4 Å². The highest BCUT2D eigenvalue weighted by Gasteiger charge is 2.40. The van der Waals surface area contributed by atoms with Crippen LogP contribution in [0.15, 0.2) is 28.2 Å². The number of nitrogens with zero attached hydrogens (tertiary/aromatic N) is 6. The summed E-state index contributed by atoms with van der Waals surface area (Å²) in [5.41, 5.74) is -0.992. The molecule has 1 atom stereocenters. The highest BCUT2D eigenvalue weighted by Crippen LogP contribution is 2.24. The highest BCUT2D eigenvalue weighted by atomic mass is 16.6. The fraction of sp³-hybridized carbons (Fsp3) is 0.286. The van der Waals surface area contributed by atoms with Crippen molar-refractivity contribution in [3.63, 3.8) is 0 Å². The van der Waals surface area contributed by atoms with Gasteiger partial charge in [0.2, 0.25) is 0 Å². The molecule has 1 unspecified atom stereocenters.